The normalized spacial score (nSPS) is 13.2. The first-order chi connectivity index (χ1) is 16.7. The summed E-state index contributed by atoms with van der Waals surface area (Å²) in [6.07, 6.45) is 3.05. The maximum absolute atomic E-state index is 6.92. The Bertz CT molecular complexity index is 1860. The molecule has 0 aliphatic carbocycles. The van der Waals surface area contributed by atoms with Gasteiger partial charge < -0.3 is 13.6 Å². The van der Waals surface area contributed by atoms with Crippen molar-refractivity contribution in [2.45, 2.75) is 41.0 Å². The summed E-state index contributed by atoms with van der Waals surface area (Å²) in [4.78, 5) is 0. The summed E-state index contributed by atoms with van der Waals surface area (Å²) < 4.78 is 21.2. The second-order valence-corrected chi connectivity index (χ2v) is 11.2. The number of furan rings is 2. The van der Waals surface area contributed by atoms with Gasteiger partial charge in [-0.05, 0) is 54.2 Å². The van der Waals surface area contributed by atoms with Crippen LogP contribution in [0.2, 0.25) is 0 Å². The molecule has 6 aromatic rings. The van der Waals surface area contributed by atoms with Crippen molar-refractivity contribution < 1.29 is 18.1 Å². The van der Waals surface area contributed by atoms with Crippen molar-refractivity contribution in [3.63, 3.8) is 0 Å². The number of ether oxygens (including phenoxy) is 1. The van der Waals surface area contributed by atoms with Crippen LogP contribution in [0.1, 0.15) is 37.7 Å². The predicted molar refractivity (Wildman–Crippen MR) is 140 cm³/mol. The van der Waals surface area contributed by atoms with E-state index in [0.717, 1.165) is 50.8 Å². The summed E-state index contributed by atoms with van der Waals surface area (Å²) in [5, 5.41) is 6.70. The fraction of sp³-hybridized carbons (Fsp3) is 0.258. The highest BCUT2D eigenvalue weighted by Crippen LogP contribution is 2.53. The molecule has 4 heterocycles. The highest BCUT2D eigenvalue weighted by Gasteiger charge is 2.35. The van der Waals surface area contributed by atoms with E-state index < -0.39 is 0 Å². The molecular weight excluding hydrogens is 434 g/mol. The highest BCUT2D eigenvalue weighted by molar-refractivity contribution is 6.19. The Morgan fingerprint density at radius 3 is 2.40 bits per heavy atom. The topological polar surface area (TPSA) is 39.4 Å². The lowest BCUT2D eigenvalue weighted by Gasteiger charge is -2.28. The minimum atomic E-state index is 0.110. The monoisotopic (exact) mass is 462 g/mol. The first-order valence-corrected chi connectivity index (χ1v) is 12.2. The molecule has 0 N–H and O–H groups in total. The van der Waals surface area contributed by atoms with Gasteiger partial charge in [0.05, 0.1) is 10.9 Å². The molecule has 0 saturated carbocycles. The van der Waals surface area contributed by atoms with Crippen LogP contribution >= 0.6 is 0 Å². The van der Waals surface area contributed by atoms with Gasteiger partial charge in [0.1, 0.15) is 35.3 Å². The van der Waals surface area contributed by atoms with Crippen LogP contribution in [0.3, 0.4) is 0 Å². The Morgan fingerprint density at radius 2 is 1.63 bits per heavy atom. The molecule has 0 unspecified atom stereocenters. The first-order valence-electron chi connectivity index (χ1n) is 12.2. The van der Waals surface area contributed by atoms with Crippen molar-refractivity contribution in [2.24, 2.45) is 12.5 Å². The van der Waals surface area contributed by atoms with Crippen LogP contribution in [-0.2, 0) is 13.5 Å². The third-order valence-electron chi connectivity index (χ3n) is 7.33. The highest BCUT2D eigenvalue weighted by atomic mass is 16.5. The molecule has 0 bridgehead atoms. The molecule has 0 fully saturated rings. The smallest absolute Gasteiger partial charge is 0.298 e. The first kappa shape index (κ1) is 20.6. The second-order valence-electron chi connectivity index (χ2n) is 11.2. The molecule has 3 aromatic carbocycles. The summed E-state index contributed by atoms with van der Waals surface area (Å²) in [5.41, 5.74) is 5.81. The van der Waals surface area contributed by atoms with E-state index >= 15 is 0 Å². The molecule has 174 valence electrons. The van der Waals surface area contributed by atoms with Crippen molar-refractivity contribution in [2.75, 3.05) is 0 Å². The quantitative estimate of drug-likeness (QED) is 0.230. The van der Waals surface area contributed by atoms with E-state index in [9.17, 15) is 0 Å². The van der Waals surface area contributed by atoms with Crippen LogP contribution < -0.4 is 9.30 Å². The number of rotatable bonds is 1. The van der Waals surface area contributed by atoms with Crippen molar-refractivity contribution in [1.29, 1.82) is 0 Å². The van der Waals surface area contributed by atoms with Crippen LogP contribution in [-0.4, -0.2) is 0 Å². The lowest BCUT2D eigenvalue weighted by molar-refractivity contribution is -0.659. The number of aryl methyl sites for hydroxylation is 3. The molecule has 4 heteroatoms. The summed E-state index contributed by atoms with van der Waals surface area (Å²) in [5.74, 6) is 3.26. The Labute approximate surface area is 203 Å². The molecule has 0 spiro atoms. The molecule has 1 aliphatic rings. The number of nitrogens with zero attached hydrogens (tertiary/aromatic N) is 1. The maximum Gasteiger partial charge on any atom is 0.298 e. The minimum Gasteiger partial charge on any atom is -0.455 e. The average molecular weight is 463 g/mol. The zero-order valence-electron chi connectivity index (χ0n) is 21.0. The fourth-order valence-electron chi connectivity index (χ4n) is 5.91. The third-order valence-corrected chi connectivity index (χ3v) is 7.33. The van der Waals surface area contributed by atoms with Crippen LogP contribution in [0.15, 0.2) is 57.5 Å². The van der Waals surface area contributed by atoms with Gasteiger partial charge in [-0.3, -0.25) is 0 Å². The van der Waals surface area contributed by atoms with Gasteiger partial charge >= 0.3 is 0 Å². The fourth-order valence-corrected chi connectivity index (χ4v) is 5.91. The van der Waals surface area contributed by atoms with Crippen molar-refractivity contribution in [1.82, 2.24) is 0 Å². The second kappa shape index (κ2) is 6.66. The third kappa shape index (κ3) is 2.77. The molecule has 0 radical (unpaired) electrons. The Morgan fingerprint density at radius 1 is 0.857 bits per heavy atom. The number of benzene rings is 3. The van der Waals surface area contributed by atoms with Gasteiger partial charge in [0.2, 0.25) is 5.69 Å². The summed E-state index contributed by atoms with van der Waals surface area (Å²) >= 11 is 0. The number of aromatic nitrogens is 1. The van der Waals surface area contributed by atoms with Gasteiger partial charge in [0.25, 0.3) is 5.78 Å². The molecule has 3 aromatic heterocycles. The van der Waals surface area contributed by atoms with Crippen LogP contribution in [0.5, 0.6) is 11.5 Å². The van der Waals surface area contributed by atoms with E-state index in [4.69, 9.17) is 13.6 Å². The van der Waals surface area contributed by atoms with Crippen LogP contribution in [0.25, 0.3) is 54.9 Å². The largest absolute Gasteiger partial charge is 0.455 e. The number of hydrogen-bond acceptors (Lipinski definition) is 3. The van der Waals surface area contributed by atoms with Crippen molar-refractivity contribution >= 4 is 43.7 Å². The molecular formula is C31H28NO3+. The van der Waals surface area contributed by atoms with E-state index in [2.05, 4.69) is 81.9 Å². The summed E-state index contributed by atoms with van der Waals surface area (Å²) in [6, 6.07) is 15.0. The van der Waals surface area contributed by atoms with Gasteiger partial charge in [-0.25, -0.2) is 4.57 Å². The molecule has 0 atom stereocenters. The Hall–Kier alpha value is -3.79. The van der Waals surface area contributed by atoms with Gasteiger partial charge in [0, 0.05) is 22.4 Å². The van der Waals surface area contributed by atoms with Gasteiger partial charge in [-0.1, -0.05) is 45.0 Å². The minimum absolute atomic E-state index is 0.110. The average Bonchev–Trinajstić information content (AvgIpc) is 3.33. The molecule has 0 amide bonds. The van der Waals surface area contributed by atoms with E-state index in [1.165, 1.54) is 33.2 Å². The van der Waals surface area contributed by atoms with Crippen molar-refractivity contribution in [3.05, 3.63) is 65.5 Å². The maximum atomic E-state index is 6.92. The number of fused-ring (bicyclic) bond motifs is 7. The summed E-state index contributed by atoms with van der Waals surface area (Å²) in [6.45, 7) is 11.0. The van der Waals surface area contributed by atoms with Crippen LogP contribution in [0, 0.1) is 19.3 Å². The zero-order valence-corrected chi connectivity index (χ0v) is 21.0. The molecule has 35 heavy (non-hydrogen) atoms. The van der Waals surface area contributed by atoms with E-state index in [1.807, 2.05) is 13.0 Å². The van der Waals surface area contributed by atoms with Gasteiger partial charge in [0.15, 0.2) is 6.20 Å². The lowest BCUT2D eigenvalue weighted by atomic mass is 9.81. The molecule has 1 aliphatic heterocycles. The van der Waals surface area contributed by atoms with Gasteiger partial charge in [-0.2, -0.15) is 0 Å². The van der Waals surface area contributed by atoms with E-state index in [1.54, 1.807) is 0 Å². The van der Waals surface area contributed by atoms with Crippen LogP contribution in [0.4, 0.5) is 0 Å². The Balaban J connectivity index is 1.67. The van der Waals surface area contributed by atoms with Gasteiger partial charge in [-0.15, -0.1) is 0 Å². The zero-order chi connectivity index (χ0) is 24.2. The molecule has 0 saturated heterocycles. The SMILES string of the molecule is Cc1cc2c(o1)oc1c3cc[n+](C)c4c3c(cc21)Oc1c-4c(C)c2ccccc2c1CC(C)(C)C. The number of hydrogen-bond donors (Lipinski definition) is 0. The predicted octanol–water partition coefficient (Wildman–Crippen LogP) is 8.29. The van der Waals surface area contributed by atoms with Crippen molar-refractivity contribution in [3.8, 4) is 22.8 Å². The molecule has 7 rings (SSSR count). The molecule has 4 nitrogen and oxygen atoms in total. The number of pyridine rings is 1. The Kier molecular flexibility index (Phi) is 3.91. The summed E-state index contributed by atoms with van der Waals surface area (Å²) in [7, 11) is 2.12. The van der Waals surface area contributed by atoms with E-state index in [0.29, 0.717) is 5.78 Å². The standard InChI is InChI=1S/C31H28NO3/c1-16-13-22-21-14-24-26-20(28(21)35-30(22)33-16)11-12-32(6)27(26)25-17(2)18-9-7-8-10-19(18)23(29(25)34-24)15-31(3,4)5/h7-14H,15H2,1-6H3/q+1. The van der Waals surface area contributed by atoms with E-state index in [-0.39, 0.29) is 5.41 Å². The lowest BCUT2D eigenvalue weighted by Crippen LogP contribution is -2.32.